The average Bonchev–Trinajstić information content (AvgIpc) is 3.36. The molecule has 4 aromatic rings. The highest BCUT2D eigenvalue weighted by Gasteiger charge is 2.35. The minimum Gasteiger partial charge on any atom is -0.461 e. The fraction of sp³-hybridized carbons (Fsp3) is 0.273. The highest BCUT2D eigenvalue weighted by Crippen LogP contribution is 2.36. The molecule has 0 bridgehead atoms. The van der Waals surface area contributed by atoms with Gasteiger partial charge >= 0.3 is 12.1 Å². The fourth-order valence-electron chi connectivity index (χ4n) is 3.74. The van der Waals surface area contributed by atoms with E-state index < -0.39 is 23.3 Å². The summed E-state index contributed by atoms with van der Waals surface area (Å²) in [6.45, 7) is 4.73. The summed E-state index contributed by atoms with van der Waals surface area (Å²) >= 11 is 0. The van der Waals surface area contributed by atoms with E-state index in [1.54, 1.807) is 13.0 Å². The summed E-state index contributed by atoms with van der Waals surface area (Å²) in [5, 5.41) is 2.59. The number of aromatic nitrogens is 4. The summed E-state index contributed by atoms with van der Waals surface area (Å²) in [7, 11) is 0. The van der Waals surface area contributed by atoms with E-state index in [0.717, 1.165) is 6.07 Å². The van der Waals surface area contributed by atoms with Crippen LogP contribution in [-0.4, -0.2) is 37.4 Å². The van der Waals surface area contributed by atoms with Crippen LogP contribution in [0.4, 0.5) is 13.2 Å². The second-order valence-electron chi connectivity index (χ2n) is 7.60. The number of fused-ring (bicyclic) bond motifs is 3. The molecule has 0 spiro atoms. The summed E-state index contributed by atoms with van der Waals surface area (Å²) < 4.78 is 49.5. The van der Waals surface area contributed by atoms with E-state index in [4.69, 9.17) is 4.74 Å². The first-order valence-corrected chi connectivity index (χ1v) is 10.3. The van der Waals surface area contributed by atoms with Crippen molar-refractivity contribution in [3.05, 3.63) is 63.5 Å². The number of carbonyl (C=O) groups is 2. The van der Waals surface area contributed by atoms with Crippen molar-refractivity contribution in [1.82, 2.24) is 24.3 Å². The molecule has 178 valence electrons. The van der Waals surface area contributed by atoms with Crippen LogP contribution in [0.1, 0.15) is 41.2 Å². The molecule has 0 radical (unpaired) electrons. The molecule has 9 nitrogen and oxygen atoms in total. The predicted molar refractivity (Wildman–Crippen MR) is 116 cm³/mol. The minimum atomic E-state index is -4.72. The molecule has 0 atom stereocenters. The molecule has 0 saturated heterocycles. The van der Waals surface area contributed by atoms with E-state index in [-0.39, 0.29) is 52.8 Å². The van der Waals surface area contributed by atoms with Crippen LogP contribution < -0.4 is 10.9 Å². The van der Waals surface area contributed by atoms with Crippen molar-refractivity contribution in [2.75, 3.05) is 6.61 Å². The third-order valence-corrected chi connectivity index (χ3v) is 5.26. The number of hydrogen-bond donors (Lipinski definition) is 2. The quantitative estimate of drug-likeness (QED) is 0.431. The summed E-state index contributed by atoms with van der Waals surface area (Å²) in [6, 6.07) is 3.71. The van der Waals surface area contributed by atoms with Gasteiger partial charge in [-0.05, 0) is 37.6 Å². The fourth-order valence-corrected chi connectivity index (χ4v) is 3.74. The monoisotopic (exact) mass is 475 g/mol. The Bertz CT molecular complexity index is 1500. The van der Waals surface area contributed by atoms with Crippen molar-refractivity contribution >= 4 is 28.6 Å². The van der Waals surface area contributed by atoms with Gasteiger partial charge in [-0.1, -0.05) is 0 Å². The van der Waals surface area contributed by atoms with Gasteiger partial charge in [0.25, 0.3) is 5.56 Å². The van der Waals surface area contributed by atoms with Gasteiger partial charge in [0.2, 0.25) is 11.6 Å². The molecule has 0 unspecified atom stereocenters. The topological polar surface area (TPSA) is 110 Å². The molecule has 0 saturated carbocycles. The van der Waals surface area contributed by atoms with Crippen LogP contribution in [0.2, 0.25) is 0 Å². The number of halogens is 3. The predicted octanol–water partition coefficient (Wildman–Crippen LogP) is 3.11. The summed E-state index contributed by atoms with van der Waals surface area (Å²) in [4.78, 5) is 42.5. The van der Waals surface area contributed by atoms with Gasteiger partial charge in [-0.15, -0.1) is 0 Å². The molecule has 3 aromatic heterocycles. The van der Waals surface area contributed by atoms with E-state index >= 15 is 0 Å². The maximum Gasteiger partial charge on any atom is 0.418 e. The Morgan fingerprint density at radius 1 is 1.26 bits per heavy atom. The first-order chi connectivity index (χ1) is 16.0. The van der Waals surface area contributed by atoms with Gasteiger partial charge in [0, 0.05) is 25.9 Å². The Balaban J connectivity index is 1.99. The van der Waals surface area contributed by atoms with Gasteiger partial charge in [0.15, 0.2) is 5.69 Å². The van der Waals surface area contributed by atoms with Gasteiger partial charge in [-0.25, -0.2) is 9.78 Å². The van der Waals surface area contributed by atoms with Crippen LogP contribution in [0.15, 0.2) is 35.4 Å². The second kappa shape index (κ2) is 8.36. The standard InChI is InChI=1S/C22H20F3N5O4/c1-4-34-21(33)18-11(2)30-17-8-16(29-6-5-13(10-29)9-26-12(3)31)14(22(23,24)25)7-15(17)27-20(32)19(30)28-18/h5-8,10H,4,9H2,1-3H3,(H,26,31)(H,27,32). The normalized spacial score (nSPS) is 11.8. The lowest BCUT2D eigenvalue weighted by atomic mass is 10.1. The number of ether oxygens (including phenoxy) is 1. The van der Waals surface area contributed by atoms with Crippen LogP contribution in [0.3, 0.4) is 0 Å². The minimum absolute atomic E-state index is 0.0740. The molecule has 12 heteroatoms. The van der Waals surface area contributed by atoms with E-state index in [1.807, 2.05) is 0 Å². The van der Waals surface area contributed by atoms with Crippen molar-refractivity contribution in [3.63, 3.8) is 0 Å². The van der Waals surface area contributed by atoms with E-state index in [2.05, 4.69) is 15.3 Å². The maximum absolute atomic E-state index is 14.0. The number of rotatable bonds is 5. The van der Waals surface area contributed by atoms with Crippen molar-refractivity contribution in [1.29, 1.82) is 0 Å². The second-order valence-corrected chi connectivity index (χ2v) is 7.60. The molecule has 0 fully saturated rings. The molecule has 4 rings (SSSR count). The van der Waals surface area contributed by atoms with Gasteiger partial charge in [0.05, 0.1) is 34.6 Å². The number of alkyl halides is 3. The lowest BCUT2D eigenvalue weighted by molar-refractivity contribution is -0.137. The highest BCUT2D eigenvalue weighted by molar-refractivity contribution is 5.91. The third kappa shape index (κ3) is 4.02. The first kappa shape index (κ1) is 23.1. The van der Waals surface area contributed by atoms with Crippen LogP contribution in [0.5, 0.6) is 0 Å². The maximum atomic E-state index is 14.0. The van der Waals surface area contributed by atoms with E-state index in [9.17, 15) is 27.6 Å². The van der Waals surface area contributed by atoms with Crippen molar-refractivity contribution < 1.29 is 27.5 Å². The van der Waals surface area contributed by atoms with Crippen LogP contribution in [0.25, 0.3) is 22.4 Å². The zero-order valence-electron chi connectivity index (χ0n) is 18.4. The zero-order chi connectivity index (χ0) is 24.8. The number of aryl methyl sites for hydroxylation is 1. The van der Waals surface area contributed by atoms with Crippen molar-refractivity contribution in [2.45, 2.75) is 33.5 Å². The average molecular weight is 475 g/mol. The smallest absolute Gasteiger partial charge is 0.418 e. The number of imidazole rings is 1. The van der Waals surface area contributed by atoms with Gasteiger partial charge in [0.1, 0.15) is 0 Å². The number of nitrogens with zero attached hydrogens (tertiary/aromatic N) is 3. The van der Waals surface area contributed by atoms with Crippen molar-refractivity contribution in [2.24, 2.45) is 0 Å². The number of amides is 1. The molecule has 1 aromatic carbocycles. The number of hydrogen-bond acceptors (Lipinski definition) is 5. The van der Waals surface area contributed by atoms with Gasteiger partial charge in [-0.2, -0.15) is 13.2 Å². The molecule has 0 aliphatic carbocycles. The van der Waals surface area contributed by atoms with E-state index in [1.165, 1.54) is 41.3 Å². The molecule has 0 aliphatic heterocycles. The van der Waals surface area contributed by atoms with Crippen LogP contribution in [-0.2, 0) is 22.3 Å². The van der Waals surface area contributed by atoms with Crippen molar-refractivity contribution in [3.8, 4) is 5.69 Å². The molecule has 34 heavy (non-hydrogen) atoms. The highest BCUT2D eigenvalue weighted by atomic mass is 19.4. The number of esters is 1. The lowest BCUT2D eigenvalue weighted by Gasteiger charge is -2.16. The number of benzene rings is 1. The van der Waals surface area contributed by atoms with Gasteiger partial charge < -0.3 is 19.6 Å². The number of carbonyl (C=O) groups excluding carboxylic acids is 2. The summed E-state index contributed by atoms with van der Waals surface area (Å²) in [6.07, 6.45) is -1.81. The van der Waals surface area contributed by atoms with Gasteiger partial charge in [-0.3, -0.25) is 14.0 Å². The number of H-pyrrole nitrogens is 1. The lowest BCUT2D eigenvalue weighted by Crippen LogP contribution is -2.18. The third-order valence-electron chi connectivity index (χ3n) is 5.26. The Kier molecular flexibility index (Phi) is 5.67. The number of aromatic amines is 1. The van der Waals surface area contributed by atoms with Crippen LogP contribution in [0, 0.1) is 6.92 Å². The van der Waals surface area contributed by atoms with E-state index in [0.29, 0.717) is 5.56 Å². The Labute approximate surface area is 190 Å². The SMILES string of the molecule is CCOC(=O)c1nc2c(=O)[nH]c3cc(C(F)(F)F)c(-n4ccc(CNC(C)=O)c4)cc3n2c1C. The molecule has 0 aliphatic rings. The summed E-state index contributed by atoms with van der Waals surface area (Å²) in [5.74, 6) is -1.01. The largest absolute Gasteiger partial charge is 0.461 e. The molecule has 1 amide bonds. The Morgan fingerprint density at radius 3 is 2.65 bits per heavy atom. The zero-order valence-corrected chi connectivity index (χ0v) is 18.4. The molecular weight excluding hydrogens is 455 g/mol. The number of nitrogens with one attached hydrogen (secondary N) is 2. The van der Waals surface area contributed by atoms with Crippen LogP contribution >= 0.6 is 0 Å². The first-order valence-electron chi connectivity index (χ1n) is 10.3. The molecule has 2 N–H and O–H groups in total. The molecule has 3 heterocycles. The summed E-state index contributed by atoms with van der Waals surface area (Å²) in [5.41, 5.74) is -1.16. The Morgan fingerprint density at radius 2 is 2.00 bits per heavy atom. The molecular formula is C22H20F3N5O4. The Hall–Kier alpha value is -4.09.